The molecule has 74 valence electrons. The number of carbonyl (C=O) groups excluding carboxylic acids is 1. The van der Waals surface area contributed by atoms with Gasteiger partial charge in [-0.05, 0) is 31.8 Å². The molecule has 0 bridgehead atoms. The highest BCUT2D eigenvalue weighted by atomic mass is 16.6. The number of amides is 1. The van der Waals surface area contributed by atoms with Crippen molar-refractivity contribution < 1.29 is 9.53 Å². The highest BCUT2D eigenvalue weighted by Crippen LogP contribution is 2.13. The van der Waals surface area contributed by atoms with E-state index in [0.29, 0.717) is 0 Å². The van der Waals surface area contributed by atoms with E-state index in [4.69, 9.17) is 4.74 Å². The predicted molar refractivity (Wildman–Crippen MR) is 51.6 cm³/mol. The van der Waals surface area contributed by atoms with Crippen molar-refractivity contribution in [3.8, 4) is 0 Å². The number of alkyl carbamates (subject to hydrolysis) is 1. The minimum absolute atomic E-state index is 0.0275. The maximum absolute atomic E-state index is 10.9. The number of allylic oxidation sites excluding steroid dienone is 1. The van der Waals surface area contributed by atoms with Crippen molar-refractivity contribution in [1.82, 2.24) is 5.32 Å². The molecule has 0 heterocycles. The maximum atomic E-state index is 10.9. The van der Waals surface area contributed by atoms with Gasteiger partial charge in [0.1, 0.15) is 6.10 Å². The van der Waals surface area contributed by atoms with E-state index in [9.17, 15) is 4.79 Å². The van der Waals surface area contributed by atoms with Gasteiger partial charge in [-0.15, -0.1) is 0 Å². The standard InChI is InChI=1S/C10H17NO2/c1-11-10(12)13-9-7-5-3-2-4-6-8-9/h5,7,9H,2-4,6,8H2,1H3,(H,11,12)/b7-5+/t9-/m1/s1. The zero-order chi connectivity index (χ0) is 9.52. The number of nitrogens with one attached hydrogen (secondary N) is 1. The molecule has 1 atom stereocenters. The highest BCUT2D eigenvalue weighted by molar-refractivity contribution is 5.67. The Labute approximate surface area is 79.2 Å². The van der Waals surface area contributed by atoms with E-state index in [2.05, 4.69) is 11.4 Å². The first-order chi connectivity index (χ1) is 6.33. The lowest BCUT2D eigenvalue weighted by atomic mass is 10.0. The van der Waals surface area contributed by atoms with E-state index in [-0.39, 0.29) is 12.2 Å². The lowest BCUT2D eigenvalue weighted by molar-refractivity contribution is 0.115. The van der Waals surface area contributed by atoms with E-state index in [1.807, 2.05) is 6.08 Å². The summed E-state index contributed by atoms with van der Waals surface area (Å²) in [6.07, 6.45) is 9.42. The van der Waals surface area contributed by atoms with E-state index in [1.54, 1.807) is 7.05 Å². The molecular weight excluding hydrogens is 166 g/mol. The van der Waals surface area contributed by atoms with Crippen molar-refractivity contribution in [2.75, 3.05) is 7.05 Å². The minimum Gasteiger partial charge on any atom is -0.442 e. The average molecular weight is 183 g/mol. The largest absolute Gasteiger partial charge is 0.442 e. The Kier molecular flexibility index (Phi) is 4.36. The Morgan fingerprint density at radius 1 is 1.46 bits per heavy atom. The fourth-order valence-electron chi connectivity index (χ4n) is 1.42. The predicted octanol–water partition coefficient (Wildman–Crippen LogP) is 2.23. The lowest BCUT2D eigenvalue weighted by Crippen LogP contribution is -2.25. The summed E-state index contributed by atoms with van der Waals surface area (Å²) in [7, 11) is 1.58. The van der Waals surface area contributed by atoms with Gasteiger partial charge in [0.2, 0.25) is 0 Å². The molecule has 3 nitrogen and oxygen atoms in total. The topological polar surface area (TPSA) is 38.3 Å². The molecule has 0 aliphatic heterocycles. The molecule has 0 aromatic rings. The van der Waals surface area contributed by atoms with Crippen molar-refractivity contribution in [2.24, 2.45) is 0 Å². The van der Waals surface area contributed by atoms with Gasteiger partial charge in [0.05, 0.1) is 0 Å². The zero-order valence-corrected chi connectivity index (χ0v) is 8.08. The third kappa shape index (κ3) is 3.97. The molecule has 0 saturated heterocycles. The molecule has 1 N–H and O–H groups in total. The van der Waals surface area contributed by atoms with Crippen LogP contribution in [-0.4, -0.2) is 19.2 Å². The summed E-state index contributed by atoms with van der Waals surface area (Å²) in [5.74, 6) is 0. The molecular formula is C10H17NO2. The highest BCUT2D eigenvalue weighted by Gasteiger charge is 2.10. The van der Waals surface area contributed by atoms with Crippen LogP contribution in [0.3, 0.4) is 0 Å². The fraction of sp³-hybridized carbons (Fsp3) is 0.700. The maximum Gasteiger partial charge on any atom is 0.407 e. The molecule has 0 radical (unpaired) electrons. The number of carbonyl (C=O) groups is 1. The molecule has 1 aliphatic rings. The molecule has 1 amide bonds. The molecule has 0 spiro atoms. The average Bonchev–Trinajstić information content (AvgIpc) is 2.09. The molecule has 3 heteroatoms. The van der Waals surface area contributed by atoms with Gasteiger partial charge in [-0.25, -0.2) is 4.79 Å². The van der Waals surface area contributed by atoms with Gasteiger partial charge < -0.3 is 10.1 Å². The summed E-state index contributed by atoms with van der Waals surface area (Å²) in [4.78, 5) is 10.9. The Hall–Kier alpha value is -0.990. The Bertz CT molecular complexity index is 189. The second kappa shape index (κ2) is 5.62. The van der Waals surface area contributed by atoms with Crippen LogP contribution in [-0.2, 0) is 4.74 Å². The molecule has 0 saturated carbocycles. The normalized spacial score (nSPS) is 25.5. The van der Waals surface area contributed by atoms with Crippen LogP contribution >= 0.6 is 0 Å². The van der Waals surface area contributed by atoms with Crippen LogP contribution in [0.15, 0.2) is 12.2 Å². The summed E-state index contributed by atoms with van der Waals surface area (Å²) in [5.41, 5.74) is 0. The van der Waals surface area contributed by atoms with Crippen molar-refractivity contribution >= 4 is 6.09 Å². The van der Waals surface area contributed by atoms with Gasteiger partial charge in [0, 0.05) is 7.05 Å². The van der Waals surface area contributed by atoms with Gasteiger partial charge in [0.15, 0.2) is 0 Å². The van der Waals surface area contributed by atoms with Crippen LogP contribution < -0.4 is 5.32 Å². The van der Waals surface area contributed by atoms with E-state index < -0.39 is 0 Å². The number of rotatable bonds is 1. The molecule has 0 unspecified atom stereocenters. The van der Waals surface area contributed by atoms with Gasteiger partial charge in [-0.3, -0.25) is 0 Å². The van der Waals surface area contributed by atoms with Crippen molar-refractivity contribution in [1.29, 1.82) is 0 Å². The molecule has 0 aromatic heterocycles. The third-order valence-electron chi connectivity index (χ3n) is 2.17. The van der Waals surface area contributed by atoms with E-state index in [1.165, 1.54) is 12.8 Å². The van der Waals surface area contributed by atoms with Crippen LogP contribution in [0.1, 0.15) is 32.1 Å². The first-order valence-electron chi connectivity index (χ1n) is 4.88. The quantitative estimate of drug-likeness (QED) is 0.633. The molecule has 0 fully saturated rings. The molecule has 1 rings (SSSR count). The summed E-state index contributed by atoms with van der Waals surface area (Å²) in [5, 5.41) is 2.45. The van der Waals surface area contributed by atoms with Crippen molar-refractivity contribution in [3.63, 3.8) is 0 Å². The van der Waals surface area contributed by atoms with Gasteiger partial charge in [0.25, 0.3) is 0 Å². The Morgan fingerprint density at radius 2 is 2.31 bits per heavy atom. The number of hydrogen-bond acceptors (Lipinski definition) is 2. The van der Waals surface area contributed by atoms with Crippen LogP contribution in [0.5, 0.6) is 0 Å². The van der Waals surface area contributed by atoms with Gasteiger partial charge >= 0.3 is 6.09 Å². The second-order valence-electron chi connectivity index (χ2n) is 3.26. The first-order valence-corrected chi connectivity index (χ1v) is 4.88. The third-order valence-corrected chi connectivity index (χ3v) is 2.17. The van der Waals surface area contributed by atoms with Gasteiger partial charge in [-0.1, -0.05) is 12.5 Å². The lowest BCUT2D eigenvalue weighted by Gasteiger charge is -2.15. The van der Waals surface area contributed by atoms with E-state index in [0.717, 1.165) is 19.3 Å². The fourth-order valence-corrected chi connectivity index (χ4v) is 1.42. The van der Waals surface area contributed by atoms with Crippen LogP contribution in [0.25, 0.3) is 0 Å². The van der Waals surface area contributed by atoms with Crippen LogP contribution in [0.2, 0.25) is 0 Å². The summed E-state index contributed by atoms with van der Waals surface area (Å²) < 4.78 is 5.14. The van der Waals surface area contributed by atoms with Crippen LogP contribution in [0.4, 0.5) is 4.79 Å². The number of ether oxygens (including phenoxy) is 1. The monoisotopic (exact) mass is 183 g/mol. The van der Waals surface area contributed by atoms with Gasteiger partial charge in [-0.2, -0.15) is 0 Å². The number of hydrogen-bond donors (Lipinski definition) is 1. The zero-order valence-electron chi connectivity index (χ0n) is 8.08. The molecule has 13 heavy (non-hydrogen) atoms. The first kappa shape index (κ1) is 10.1. The summed E-state index contributed by atoms with van der Waals surface area (Å²) in [6, 6.07) is 0. The Balaban J connectivity index is 2.37. The smallest absolute Gasteiger partial charge is 0.407 e. The van der Waals surface area contributed by atoms with E-state index >= 15 is 0 Å². The van der Waals surface area contributed by atoms with Crippen molar-refractivity contribution in [2.45, 2.75) is 38.2 Å². The van der Waals surface area contributed by atoms with Crippen molar-refractivity contribution in [3.05, 3.63) is 12.2 Å². The van der Waals surface area contributed by atoms with Crippen LogP contribution in [0, 0.1) is 0 Å². The molecule has 0 aromatic carbocycles. The minimum atomic E-state index is -0.338. The summed E-state index contributed by atoms with van der Waals surface area (Å²) in [6.45, 7) is 0. The Morgan fingerprint density at radius 3 is 3.08 bits per heavy atom. The SMILES string of the molecule is CNC(=O)O[C@@H]1/C=C/CCCCC1. The summed E-state index contributed by atoms with van der Waals surface area (Å²) >= 11 is 0. The molecule has 1 aliphatic carbocycles. The second-order valence-corrected chi connectivity index (χ2v) is 3.26.